The molecule has 1 saturated heterocycles. The van der Waals surface area contributed by atoms with Crippen molar-refractivity contribution in [3.8, 4) is 0 Å². The van der Waals surface area contributed by atoms with Gasteiger partial charge in [-0.05, 0) is 30.3 Å². The van der Waals surface area contributed by atoms with Crippen molar-refractivity contribution in [2.24, 2.45) is 0 Å². The average molecular weight is 480 g/mol. The van der Waals surface area contributed by atoms with Crippen molar-refractivity contribution in [1.82, 2.24) is 15.5 Å². The number of aromatic nitrogens is 2. The number of anilines is 2. The summed E-state index contributed by atoms with van der Waals surface area (Å²) < 4.78 is 24.9. The zero-order chi connectivity index (χ0) is 22.7. The number of halogens is 2. The van der Waals surface area contributed by atoms with Crippen molar-refractivity contribution < 1.29 is 28.0 Å². The van der Waals surface area contributed by atoms with E-state index in [4.69, 9.17) is 20.9 Å². The topological polar surface area (TPSA) is 127 Å². The Hall–Kier alpha value is -3.35. The number of carbonyl (C=O) groups is 3. The van der Waals surface area contributed by atoms with Crippen molar-refractivity contribution in [1.29, 1.82) is 0 Å². The third kappa shape index (κ3) is 4.93. The molecule has 2 aromatic heterocycles. The fourth-order valence-electron chi connectivity index (χ4n) is 2.84. The van der Waals surface area contributed by atoms with Crippen LogP contribution in [0.4, 0.5) is 15.8 Å². The monoisotopic (exact) mass is 479 g/mol. The summed E-state index contributed by atoms with van der Waals surface area (Å²) in [5, 5.41) is 8.53. The number of carbonyl (C=O) groups excluding carboxylic acids is 3. The molecule has 32 heavy (non-hydrogen) atoms. The van der Waals surface area contributed by atoms with Gasteiger partial charge in [-0.1, -0.05) is 16.8 Å². The maximum absolute atomic E-state index is 14.5. The Balaban J connectivity index is 1.36. The summed E-state index contributed by atoms with van der Waals surface area (Å²) in [6.45, 7) is 0.514. The molecular formula is C19H15ClFN5O5S. The van der Waals surface area contributed by atoms with E-state index in [-0.39, 0.29) is 36.5 Å². The molecule has 1 aromatic carbocycles. The van der Waals surface area contributed by atoms with E-state index in [9.17, 15) is 18.8 Å². The molecule has 3 heterocycles. The molecule has 3 amide bonds. The quantitative estimate of drug-likeness (QED) is 0.556. The fraction of sp³-hybridized carbons (Fsp3) is 0.211. The van der Waals surface area contributed by atoms with Gasteiger partial charge in [0.2, 0.25) is 0 Å². The van der Waals surface area contributed by atoms with Crippen molar-refractivity contribution in [3.63, 3.8) is 0 Å². The molecule has 0 saturated carbocycles. The van der Waals surface area contributed by atoms with Crippen LogP contribution in [0.2, 0.25) is 4.34 Å². The summed E-state index contributed by atoms with van der Waals surface area (Å²) in [5.74, 6) is -2.56. The summed E-state index contributed by atoms with van der Waals surface area (Å²) >= 11 is 6.91. The van der Waals surface area contributed by atoms with E-state index in [1.165, 1.54) is 17.0 Å². The first-order chi connectivity index (χ1) is 15.4. The third-order valence-corrected chi connectivity index (χ3v) is 5.59. The molecule has 0 unspecified atom stereocenters. The number of rotatable bonds is 6. The normalized spacial score (nSPS) is 13.8. The van der Waals surface area contributed by atoms with E-state index in [2.05, 4.69) is 20.8 Å². The van der Waals surface area contributed by atoms with Crippen LogP contribution in [-0.4, -0.2) is 47.6 Å². The smallest absolute Gasteiger partial charge is 0.316 e. The van der Waals surface area contributed by atoms with E-state index in [1.807, 2.05) is 0 Å². The number of hydrogen-bond donors (Lipinski definition) is 2. The van der Waals surface area contributed by atoms with Gasteiger partial charge in [-0.25, -0.2) is 4.39 Å². The van der Waals surface area contributed by atoms with Gasteiger partial charge in [0.1, 0.15) is 12.4 Å². The highest BCUT2D eigenvalue weighted by molar-refractivity contribution is 7.17. The number of hydrogen-bond acceptors (Lipinski definition) is 8. The molecule has 1 fully saturated rings. The number of ether oxygens (including phenoxy) is 1. The summed E-state index contributed by atoms with van der Waals surface area (Å²) in [7, 11) is 0. The number of nitrogens with zero attached hydrogens (tertiary/aromatic N) is 3. The summed E-state index contributed by atoms with van der Waals surface area (Å²) in [6, 6.07) is 7.15. The molecule has 1 aliphatic heterocycles. The summed E-state index contributed by atoms with van der Waals surface area (Å²) in [4.78, 5) is 41.9. The van der Waals surface area contributed by atoms with Crippen LogP contribution in [0, 0.1) is 5.82 Å². The highest BCUT2D eigenvalue weighted by Crippen LogP contribution is 2.24. The van der Waals surface area contributed by atoms with Crippen molar-refractivity contribution in [2.45, 2.75) is 6.54 Å². The number of amides is 3. The first-order valence-corrected chi connectivity index (χ1v) is 10.5. The van der Waals surface area contributed by atoms with E-state index >= 15 is 0 Å². The lowest BCUT2D eigenvalue weighted by molar-refractivity contribution is -0.125. The molecule has 3 aromatic rings. The van der Waals surface area contributed by atoms with Gasteiger partial charge >= 0.3 is 11.8 Å². The summed E-state index contributed by atoms with van der Waals surface area (Å²) in [6.07, 6.45) is 0. The minimum atomic E-state index is -0.825. The van der Waals surface area contributed by atoms with E-state index in [1.54, 1.807) is 12.1 Å². The lowest BCUT2D eigenvalue weighted by Crippen LogP contribution is -2.41. The molecule has 2 N–H and O–H groups in total. The van der Waals surface area contributed by atoms with Crippen molar-refractivity contribution in [3.05, 3.63) is 57.1 Å². The molecule has 0 atom stereocenters. The van der Waals surface area contributed by atoms with Gasteiger partial charge in [-0.15, -0.1) is 11.3 Å². The number of thiophene rings is 1. The second kappa shape index (κ2) is 9.42. The first kappa shape index (κ1) is 21.9. The number of morpholine rings is 1. The highest BCUT2D eigenvalue weighted by atomic mass is 35.5. The number of benzene rings is 1. The lowest BCUT2D eigenvalue weighted by atomic mass is 10.2. The molecule has 0 radical (unpaired) electrons. The van der Waals surface area contributed by atoms with Gasteiger partial charge in [0.05, 0.1) is 28.1 Å². The van der Waals surface area contributed by atoms with Crippen LogP contribution in [0.25, 0.3) is 0 Å². The van der Waals surface area contributed by atoms with Crippen LogP contribution >= 0.6 is 22.9 Å². The zero-order valence-corrected chi connectivity index (χ0v) is 17.8. The van der Waals surface area contributed by atoms with Gasteiger partial charge in [0.15, 0.2) is 5.82 Å². The van der Waals surface area contributed by atoms with Crippen LogP contribution < -0.4 is 15.5 Å². The van der Waals surface area contributed by atoms with Crippen LogP contribution in [0.15, 0.2) is 34.9 Å². The van der Waals surface area contributed by atoms with Gasteiger partial charge in [-0.3, -0.25) is 14.4 Å². The lowest BCUT2D eigenvalue weighted by Gasteiger charge is -2.27. The standard InChI is InChI=1S/C19H15ClFN5O5S/c20-14-4-3-13(32-14)17(28)22-8-15-24-19(31-25-15)18(29)23-12-2-1-10(7-11(12)21)26-5-6-30-9-16(26)27/h1-4,7H,5-6,8-9H2,(H,22,28)(H,23,29). The highest BCUT2D eigenvalue weighted by Gasteiger charge is 2.22. The minimum Gasteiger partial charge on any atom is -0.370 e. The van der Waals surface area contributed by atoms with Gasteiger partial charge in [0, 0.05) is 12.2 Å². The maximum Gasteiger partial charge on any atom is 0.316 e. The fourth-order valence-corrected chi connectivity index (χ4v) is 3.80. The Kier molecular flexibility index (Phi) is 6.44. The maximum atomic E-state index is 14.5. The van der Waals surface area contributed by atoms with Gasteiger partial charge in [0.25, 0.3) is 11.8 Å². The molecule has 1 aliphatic rings. The van der Waals surface area contributed by atoms with Crippen LogP contribution in [-0.2, 0) is 16.1 Å². The zero-order valence-electron chi connectivity index (χ0n) is 16.3. The predicted molar refractivity (Wildman–Crippen MR) is 112 cm³/mol. The van der Waals surface area contributed by atoms with E-state index in [0.717, 1.165) is 17.4 Å². The van der Waals surface area contributed by atoms with Crippen LogP contribution in [0.5, 0.6) is 0 Å². The molecule has 4 rings (SSSR count). The Morgan fingerprint density at radius 2 is 2.09 bits per heavy atom. The van der Waals surface area contributed by atoms with Crippen LogP contribution in [0.1, 0.15) is 26.2 Å². The number of nitrogens with one attached hydrogen (secondary N) is 2. The van der Waals surface area contributed by atoms with Crippen molar-refractivity contribution in [2.75, 3.05) is 30.0 Å². The molecule has 13 heteroatoms. The molecule has 0 spiro atoms. The SMILES string of the molecule is O=C(Nc1ccc(N2CCOCC2=O)cc1F)c1nc(CNC(=O)c2ccc(Cl)s2)no1. The molecule has 166 valence electrons. The van der Waals surface area contributed by atoms with E-state index in [0.29, 0.717) is 28.1 Å². The minimum absolute atomic E-state index is 0.0628. The van der Waals surface area contributed by atoms with Crippen molar-refractivity contribution >= 4 is 52.0 Å². The Labute approximate surface area is 189 Å². The largest absolute Gasteiger partial charge is 0.370 e. The van der Waals surface area contributed by atoms with Crippen LogP contribution in [0.3, 0.4) is 0 Å². The molecule has 10 nitrogen and oxygen atoms in total. The average Bonchev–Trinajstić information content (AvgIpc) is 3.43. The Morgan fingerprint density at radius 1 is 1.25 bits per heavy atom. The second-order valence-electron chi connectivity index (χ2n) is 6.52. The Morgan fingerprint density at radius 3 is 2.81 bits per heavy atom. The van der Waals surface area contributed by atoms with Gasteiger partial charge < -0.3 is 24.8 Å². The molecule has 0 aliphatic carbocycles. The molecular weight excluding hydrogens is 465 g/mol. The Bertz CT molecular complexity index is 1180. The van der Waals surface area contributed by atoms with E-state index < -0.39 is 17.6 Å². The first-order valence-electron chi connectivity index (χ1n) is 9.26. The summed E-state index contributed by atoms with van der Waals surface area (Å²) in [5.41, 5.74) is 0.235. The predicted octanol–water partition coefficient (Wildman–Crippen LogP) is 2.47. The second-order valence-corrected chi connectivity index (χ2v) is 8.23. The van der Waals surface area contributed by atoms with Gasteiger partial charge in [-0.2, -0.15) is 4.98 Å². The third-order valence-electron chi connectivity index (χ3n) is 4.36. The molecule has 0 bridgehead atoms.